The molecule has 0 unspecified atom stereocenters. The number of aromatic hydroxyl groups is 1. The van der Waals surface area contributed by atoms with E-state index in [1.54, 1.807) is 0 Å². The van der Waals surface area contributed by atoms with Gasteiger partial charge in [0.15, 0.2) is 0 Å². The van der Waals surface area contributed by atoms with Gasteiger partial charge in [-0.1, -0.05) is 18.2 Å². The van der Waals surface area contributed by atoms with Crippen LogP contribution in [0.2, 0.25) is 0 Å². The van der Waals surface area contributed by atoms with Crippen LogP contribution in [0.1, 0.15) is 17.7 Å². The number of aromatic nitrogens is 2. The summed E-state index contributed by atoms with van der Waals surface area (Å²) in [7, 11) is 2.06. The predicted molar refractivity (Wildman–Crippen MR) is 82.7 cm³/mol. The van der Waals surface area contributed by atoms with Crippen LogP contribution in [0, 0.1) is 0 Å². The largest absolute Gasteiger partial charge is 0.507 e. The normalized spacial score (nSPS) is 13.8. The highest BCUT2D eigenvalue weighted by Gasteiger charge is 2.24. The van der Waals surface area contributed by atoms with Crippen molar-refractivity contribution in [3.05, 3.63) is 51.9 Å². The van der Waals surface area contributed by atoms with E-state index in [-0.39, 0.29) is 11.3 Å². The van der Waals surface area contributed by atoms with Gasteiger partial charge in [0, 0.05) is 40.8 Å². The van der Waals surface area contributed by atoms with Gasteiger partial charge < -0.3 is 14.7 Å². The van der Waals surface area contributed by atoms with E-state index >= 15 is 0 Å². The zero-order valence-corrected chi connectivity index (χ0v) is 11.8. The Labute approximate surface area is 121 Å². The predicted octanol–water partition coefficient (Wildman–Crippen LogP) is 2.73. The van der Waals surface area contributed by atoms with Crippen molar-refractivity contribution >= 4 is 10.9 Å². The van der Waals surface area contributed by atoms with Crippen molar-refractivity contribution in [1.82, 2.24) is 9.55 Å². The second kappa shape index (κ2) is 4.25. The maximum Gasteiger partial charge on any atom is 0.252 e. The van der Waals surface area contributed by atoms with Crippen LogP contribution in [0.25, 0.3) is 22.2 Å². The van der Waals surface area contributed by atoms with Gasteiger partial charge in [-0.2, -0.15) is 0 Å². The maximum atomic E-state index is 11.8. The van der Waals surface area contributed by atoms with E-state index in [1.807, 2.05) is 12.1 Å². The molecule has 1 aliphatic rings. The minimum Gasteiger partial charge on any atom is -0.507 e. The maximum absolute atomic E-state index is 11.8. The molecule has 1 aromatic carbocycles. The molecule has 0 fully saturated rings. The van der Waals surface area contributed by atoms with Gasteiger partial charge >= 0.3 is 0 Å². The summed E-state index contributed by atoms with van der Waals surface area (Å²) in [4.78, 5) is 14.7. The summed E-state index contributed by atoms with van der Waals surface area (Å²) in [5.41, 5.74) is 4.81. The molecule has 2 aromatic heterocycles. The Morgan fingerprint density at radius 1 is 1.24 bits per heavy atom. The lowest BCUT2D eigenvalue weighted by Gasteiger charge is -2.08. The van der Waals surface area contributed by atoms with Crippen molar-refractivity contribution in [2.24, 2.45) is 7.05 Å². The van der Waals surface area contributed by atoms with Gasteiger partial charge in [-0.25, -0.2) is 0 Å². The zero-order valence-electron chi connectivity index (χ0n) is 11.8. The molecule has 0 amide bonds. The molecule has 0 atom stereocenters. The van der Waals surface area contributed by atoms with Crippen LogP contribution in [0.3, 0.4) is 0 Å². The molecule has 2 N–H and O–H groups in total. The molecule has 1 aliphatic carbocycles. The summed E-state index contributed by atoms with van der Waals surface area (Å²) >= 11 is 0. The highest BCUT2D eigenvalue weighted by Crippen LogP contribution is 2.40. The fourth-order valence-electron chi connectivity index (χ4n) is 3.49. The first-order chi connectivity index (χ1) is 10.2. The van der Waals surface area contributed by atoms with Crippen molar-refractivity contribution in [3.63, 3.8) is 0 Å². The Kier molecular flexibility index (Phi) is 2.48. The summed E-state index contributed by atoms with van der Waals surface area (Å²) in [6.07, 6.45) is 2.68. The number of rotatable bonds is 0. The third-order valence-corrected chi connectivity index (χ3v) is 4.45. The van der Waals surface area contributed by atoms with Gasteiger partial charge in [-0.15, -0.1) is 0 Å². The molecule has 4 nitrogen and oxygen atoms in total. The highest BCUT2D eigenvalue weighted by molar-refractivity contribution is 5.98. The molecule has 106 valence electrons. The molecule has 4 rings (SSSR count). The van der Waals surface area contributed by atoms with Gasteiger partial charge in [-0.3, -0.25) is 4.79 Å². The molecule has 0 bridgehead atoms. The minimum atomic E-state index is -0.257. The summed E-state index contributed by atoms with van der Waals surface area (Å²) in [5.74, 6) is 0.106. The summed E-state index contributed by atoms with van der Waals surface area (Å²) in [5, 5.41) is 11.3. The van der Waals surface area contributed by atoms with Gasteiger partial charge in [0.05, 0.1) is 5.69 Å². The van der Waals surface area contributed by atoms with Crippen LogP contribution in [0.15, 0.2) is 35.1 Å². The molecule has 4 heteroatoms. The van der Waals surface area contributed by atoms with E-state index in [9.17, 15) is 9.90 Å². The van der Waals surface area contributed by atoms with Crippen LogP contribution in [0.4, 0.5) is 0 Å². The minimum absolute atomic E-state index is 0.106. The second-order valence-corrected chi connectivity index (χ2v) is 5.62. The van der Waals surface area contributed by atoms with E-state index in [2.05, 4.69) is 28.7 Å². The van der Waals surface area contributed by atoms with E-state index in [4.69, 9.17) is 0 Å². The van der Waals surface area contributed by atoms with Gasteiger partial charge in [0.1, 0.15) is 5.75 Å². The molecule has 0 spiro atoms. The number of aromatic amines is 1. The van der Waals surface area contributed by atoms with Crippen LogP contribution >= 0.6 is 0 Å². The summed E-state index contributed by atoms with van der Waals surface area (Å²) in [6.45, 7) is 0. The molecule has 3 aromatic rings. The van der Waals surface area contributed by atoms with Crippen molar-refractivity contribution in [3.8, 4) is 17.0 Å². The number of nitrogens with one attached hydrogen (secondary N) is 1. The van der Waals surface area contributed by atoms with Crippen molar-refractivity contribution in [2.75, 3.05) is 0 Å². The lowest BCUT2D eigenvalue weighted by atomic mass is 10.0. The Morgan fingerprint density at radius 3 is 2.90 bits per heavy atom. The number of aryl methyl sites for hydroxylation is 1. The Balaban J connectivity index is 2.20. The summed E-state index contributed by atoms with van der Waals surface area (Å²) < 4.78 is 2.20. The van der Waals surface area contributed by atoms with Crippen molar-refractivity contribution < 1.29 is 5.11 Å². The molecule has 0 saturated heterocycles. The topological polar surface area (TPSA) is 58.0 Å². The number of hydrogen-bond acceptors (Lipinski definition) is 2. The molecule has 0 radical (unpaired) electrons. The number of hydrogen-bond donors (Lipinski definition) is 2. The number of benzene rings is 1. The van der Waals surface area contributed by atoms with Crippen molar-refractivity contribution in [2.45, 2.75) is 19.3 Å². The SMILES string of the molecule is Cn1c2c(c3ccccc31)-c1[nH]c(=O)cc(O)c1CCC2. The van der Waals surface area contributed by atoms with E-state index in [0.29, 0.717) is 0 Å². The number of fused-ring (bicyclic) bond motifs is 5. The number of nitrogens with zero attached hydrogens (tertiary/aromatic N) is 1. The number of H-pyrrole nitrogens is 1. The number of para-hydroxylation sites is 1. The first kappa shape index (κ1) is 12.3. The Hall–Kier alpha value is -2.49. The summed E-state index contributed by atoms with van der Waals surface area (Å²) in [6, 6.07) is 9.47. The smallest absolute Gasteiger partial charge is 0.252 e. The molecule has 0 aliphatic heterocycles. The molecular formula is C17H16N2O2. The molecule has 0 saturated carbocycles. The number of pyridine rings is 1. The van der Waals surface area contributed by atoms with Crippen LogP contribution in [0.5, 0.6) is 5.75 Å². The van der Waals surface area contributed by atoms with Gasteiger partial charge in [0.25, 0.3) is 5.56 Å². The fraction of sp³-hybridized carbons (Fsp3) is 0.235. The van der Waals surface area contributed by atoms with Crippen LogP contribution < -0.4 is 5.56 Å². The third-order valence-electron chi connectivity index (χ3n) is 4.45. The molecular weight excluding hydrogens is 264 g/mol. The Morgan fingerprint density at radius 2 is 2.05 bits per heavy atom. The van der Waals surface area contributed by atoms with Crippen LogP contribution in [-0.2, 0) is 19.9 Å². The standard InChI is InChI=1S/C17H16N2O2/c1-19-12-7-3-2-5-10(12)16-13(19)8-4-6-11-14(20)9-15(21)18-17(11)16/h2-3,5,7,9H,4,6,8H2,1H3,(H2,18,20,21). The average molecular weight is 280 g/mol. The average Bonchev–Trinajstić information content (AvgIpc) is 2.63. The third kappa shape index (κ3) is 1.65. The lowest BCUT2D eigenvalue weighted by Crippen LogP contribution is -2.07. The van der Waals surface area contributed by atoms with Gasteiger partial charge in [-0.05, 0) is 25.3 Å². The van der Waals surface area contributed by atoms with Gasteiger partial charge in [0.2, 0.25) is 0 Å². The van der Waals surface area contributed by atoms with E-state index < -0.39 is 0 Å². The van der Waals surface area contributed by atoms with Crippen LogP contribution in [-0.4, -0.2) is 14.7 Å². The first-order valence-corrected chi connectivity index (χ1v) is 7.18. The second-order valence-electron chi connectivity index (χ2n) is 5.62. The Bertz CT molecular complexity index is 918. The lowest BCUT2D eigenvalue weighted by molar-refractivity contribution is 0.466. The molecule has 2 heterocycles. The fourth-order valence-corrected chi connectivity index (χ4v) is 3.49. The first-order valence-electron chi connectivity index (χ1n) is 7.18. The van der Waals surface area contributed by atoms with Crippen molar-refractivity contribution in [1.29, 1.82) is 0 Å². The van der Waals surface area contributed by atoms with E-state index in [0.717, 1.165) is 47.0 Å². The monoisotopic (exact) mass is 280 g/mol. The van der Waals surface area contributed by atoms with E-state index in [1.165, 1.54) is 11.8 Å². The quantitative estimate of drug-likeness (QED) is 0.665. The highest BCUT2D eigenvalue weighted by atomic mass is 16.3. The zero-order chi connectivity index (χ0) is 14.6. The molecule has 21 heavy (non-hydrogen) atoms.